The molecule has 4 heterocycles. The van der Waals surface area contributed by atoms with Gasteiger partial charge in [-0.2, -0.15) is 0 Å². The van der Waals surface area contributed by atoms with E-state index in [1.807, 2.05) is 12.1 Å². The van der Waals surface area contributed by atoms with E-state index in [-0.39, 0.29) is 23.0 Å². The Balaban J connectivity index is 1.29. The van der Waals surface area contributed by atoms with Crippen LogP contribution in [0, 0.1) is 25.2 Å². The fourth-order valence-corrected chi connectivity index (χ4v) is 10.4. The number of furan rings is 2. The molecule has 1 unspecified atom stereocenters. The fourth-order valence-electron chi connectivity index (χ4n) is 10.4. The molecule has 7 aromatic rings. The summed E-state index contributed by atoms with van der Waals surface area (Å²) in [6, 6.07) is 36.6. The lowest BCUT2D eigenvalue weighted by atomic mass is 9.33. The van der Waals surface area contributed by atoms with E-state index in [9.17, 15) is 0 Å². The van der Waals surface area contributed by atoms with Gasteiger partial charge in [0.25, 0.3) is 6.71 Å². The Labute approximate surface area is 369 Å². The third-order valence-corrected chi connectivity index (χ3v) is 14.0. The van der Waals surface area contributed by atoms with Crippen LogP contribution in [-0.4, -0.2) is 6.71 Å². The molecule has 0 spiro atoms. The van der Waals surface area contributed by atoms with Crippen molar-refractivity contribution in [2.75, 3.05) is 9.80 Å². The maximum atomic E-state index is 7.35. The summed E-state index contributed by atoms with van der Waals surface area (Å²) in [6.45, 7) is 30.1. The smallest absolute Gasteiger partial charge is 0.256 e. The van der Waals surface area contributed by atoms with Crippen LogP contribution in [0.2, 0.25) is 0 Å². The molecule has 5 heteroatoms. The lowest BCUT2D eigenvalue weighted by Gasteiger charge is -2.44. The van der Waals surface area contributed by atoms with Crippen LogP contribution in [-0.2, 0) is 17.3 Å². The normalized spacial score (nSPS) is 15.9. The zero-order chi connectivity index (χ0) is 43.8. The Morgan fingerprint density at radius 2 is 1.31 bits per heavy atom. The lowest BCUT2D eigenvalue weighted by molar-refractivity contribution is 0.289. The first-order chi connectivity index (χ1) is 29.3. The van der Waals surface area contributed by atoms with Crippen molar-refractivity contribution in [3.05, 3.63) is 142 Å². The van der Waals surface area contributed by atoms with Gasteiger partial charge in [-0.1, -0.05) is 125 Å². The molecule has 0 radical (unpaired) electrons. The van der Waals surface area contributed by atoms with Crippen molar-refractivity contribution in [2.24, 2.45) is 11.3 Å². The molecule has 1 atom stereocenters. The van der Waals surface area contributed by atoms with Gasteiger partial charge in [-0.15, -0.1) is 0 Å². The molecule has 0 saturated heterocycles. The molecule has 0 saturated carbocycles. The SMILES string of the molecule is Cc1cc(-c2cc3ccccc3o2)cc(C)c1N1c2cc(C(C)C)cc3c2B(c2cc(C(C)(C)C)ccc2N3c2ccc(C(C)(C)C)cc2)c2c1oc1c2CC(C(C)(C)C)C=C1. The molecule has 0 amide bonds. The van der Waals surface area contributed by atoms with Crippen LogP contribution in [0.25, 0.3) is 28.4 Å². The van der Waals surface area contributed by atoms with E-state index < -0.39 is 0 Å². The van der Waals surface area contributed by atoms with Crippen LogP contribution < -0.4 is 26.2 Å². The third-order valence-electron chi connectivity index (χ3n) is 14.0. The minimum absolute atomic E-state index is 0.0232. The molecule has 0 bridgehead atoms. The average Bonchev–Trinajstić information content (AvgIpc) is 3.82. The molecule has 2 aliphatic heterocycles. The van der Waals surface area contributed by atoms with Gasteiger partial charge in [0.2, 0.25) is 5.88 Å². The monoisotopic (exact) mass is 816 g/mol. The third kappa shape index (κ3) is 6.40. The Morgan fingerprint density at radius 1 is 0.661 bits per heavy atom. The summed E-state index contributed by atoms with van der Waals surface area (Å²) in [5.41, 5.74) is 19.7. The van der Waals surface area contributed by atoms with Gasteiger partial charge in [-0.3, -0.25) is 4.90 Å². The van der Waals surface area contributed by atoms with Crippen molar-refractivity contribution in [3.8, 4) is 11.3 Å². The number of hydrogen-bond acceptors (Lipinski definition) is 4. The molecule has 4 nitrogen and oxygen atoms in total. The predicted molar refractivity (Wildman–Crippen MR) is 265 cm³/mol. The molecular formula is C57H61BN2O2. The van der Waals surface area contributed by atoms with E-state index >= 15 is 0 Å². The first-order valence-corrected chi connectivity index (χ1v) is 22.7. The van der Waals surface area contributed by atoms with Crippen LogP contribution in [0.4, 0.5) is 34.3 Å². The van der Waals surface area contributed by atoms with Crippen LogP contribution in [0.15, 0.2) is 112 Å². The second-order valence-corrected chi connectivity index (χ2v) is 21.9. The molecule has 62 heavy (non-hydrogen) atoms. The molecule has 1 aliphatic carbocycles. The minimum Gasteiger partial charge on any atom is -0.456 e. The highest BCUT2D eigenvalue weighted by molar-refractivity contribution is 7.00. The van der Waals surface area contributed by atoms with Crippen molar-refractivity contribution in [3.63, 3.8) is 0 Å². The molecule has 0 fully saturated rings. The van der Waals surface area contributed by atoms with Gasteiger partial charge in [-0.25, -0.2) is 0 Å². The van der Waals surface area contributed by atoms with Crippen LogP contribution in [0.3, 0.4) is 0 Å². The van der Waals surface area contributed by atoms with E-state index in [1.165, 1.54) is 72.5 Å². The Hall–Kier alpha value is -5.68. The number of fused-ring (bicyclic) bond motifs is 7. The van der Waals surface area contributed by atoms with Gasteiger partial charge in [0.15, 0.2) is 0 Å². The van der Waals surface area contributed by atoms with Crippen LogP contribution in [0.5, 0.6) is 0 Å². The summed E-state index contributed by atoms with van der Waals surface area (Å²) < 4.78 is 13.8. The number of allylic oxidation sites excluding steroid dienone is 1. The molecule has 0 N–H and O–H groups in total. The maximum absolute atomic E-state index is 7.35. The summed E-state index contributed by atoms with van der Waals surface area (Å²) in [7, 11) is 0. The number of benzene rings is 5. The first-order valence-electron chi connectivity index (χ1n) is 22.7. The van der Waals surface area contributed by atoms with Crippen molar-refractivity contribution < 1.29 is 8.83 Å². The molecular weight excluding hydrogens is 755 g/mol. The second-order valence-electron chi connectivity index (χ2n) is 21.9. The van der Waals surface area contributed by atoms with E-state index in [1.54, 1.807) is 0 Å². The van der Waals surface area contributed by atoms with Gasteiger partial charge in [0.1, 0.15) is 17.1 Å². The highest BCUT2D eigenvalue weighted by Gasteiger charge is 2.49. The Morgan fingerprint density at radius 3 is 1.94 bits per heavy atom. The minimum atomic E-state index is -0.0337. The predicted octanol–water partition coefficient (Wildman–Crippen LogP) is 14.3. The summed E-state index contributed by atoms with van der Waals surface area (Å²) in [6.07, 6.45) is 5.60. The number of hydrogen-bond donors (Lipinski definition) is 0. The van der Waals surface area contributed by atoms with Gasteiger partial charge in [-0.05, 0) is 159 Å². The zero-order valence-corrected chi connectivity index (χ0v) is 39.0. The maximum Gasteiger partial charge on any atom is 0.256 e. The molecule has 5 aromatic carbocycles. The van der Waals surface area contributed by atoms with E-state index in [0.717, 1.165) is 46.0 Å². The molecule has 2 aromatic heterocycles. The van der Waals surface area contributed by atoms with E-state index in [0.29, 0.717) is 11.8 Å². The number of para-hydroxylation sites is 1. The summed E-state index contributed by atoms with van der Waals surface area (Å²) in [5.74, 6) is 3.49. The van der Waals surface area contributed by atoms with Crippen molar-refractivity contribution in [2.45, 2.75) is 113 Å². The summed E-state index contributed by atoms with van der Waals surface area (Å²) in [4.78, 5) is 5.06. The standard InChI is InChI=1S/C57H61BN2O2/c1-33(2)37-28-46-52-47(29-37)60(53-34(3)26-38(27-35(53)4)50-30-36-16-14-15-17-48(36)61-50)54-51(43-31-40(56(8,9)10)21-25-49(43)62-54)58(52)44-32-41(57(11,12)13)20-24-45(44)59(46)42-22-18-39(19-23-42)55(5,6)7/h14-30,32-33,40H,31H2,1-13H3. The van der Waals surface area contributed by atoms with Gasteiger partial charge < -0.3 is 13.7 Å². The highest BCUT2D eigenvalue weighted by Crippen LogP contribution is 2.50. The first kappa shape index (κ1) is 40.4. The van der Waals surface area contributed by atoms with E-state index in [4.69, 9.17) is 8.83 Å². The van der Waals surface area contributed by atoms with Gasteiger partial charge in [0.05, 0.1) is 5.69 Å². The largest absolute Gasteiger partial charge is 0.456 e. The van der Waals surface area contributed by atoms with Gasteiger partial charge in [0, 0.05) is 33.7 Å². The average molecular weight is 817 g/mol. The van der Waals surface area contributed by atoms with Crippen LogP contribution in [0.1, 0.15) is 121 Å². The molecule has 314 valence electrons. The second kappa shape index (κ2) is 13.9. The Bertz CT molecular complexity index is 2900. The van der Waals surface area contributed by atoms with Crippen molar-refractivity contribution >= 4 is 74.5 Å². The van der Waals surface area contributed by atoms with E-state index in [2.05, 4.69) is 197 Å². The topological polar surface area (TPSA) is 32.8 Å². The van der Waals surface area contributed by atoms with Crippen LogP contribution >= 0.6 is 0 Å². The number of aryl methyl sites for hydroxylation is 2. The van der Waals surface area contributed by atoms with Gasteiger partial charge >= 0.3 is 0 Å². The highest BCUT2D eigenvalue weighted by atomic mass is 16.4. The van der Waals surface area contributed by atoms with Crippen molar-refractivity contribution in [1.82, 2.24) is 0 Å². The summed E-state index contributed by atoms with van der Waals surface area (Å²) >= 11 is 0. The fraction of sp³-hybridized carbons (Fsp3) is 0.333. The quantitative estimate of drug-likeness (QED) is 0.166. The number of rotatable bonds is 4. The molecule has 10 rings (SSSR count). The lowest BCUT2D eigenvalue weighted by Crippen LogP contribution is -2.62. The number of anilines is 6. The summed E-state index contributed by atoms with van der Waals surface area (Å²) in [5, 5.41) is 1.11. The number of nitrogens with zero attached hydrogens (tertiary/aromatic N) is 2. The Kier molecular flexibility index (Phi) is 9.07. The zero-order valence-electron chi connectivity index (χ0n) is 39.0. The molecule has 3 aliphatic rings. The van der Waals surface area contributed by atoms with Crippen molar-refractivity contribution in [1.29, 1.82) is 0 Å².